The summed E-state index contributed by atoms with van der Waals surface area (Å²) in [6, 6.07) is 10.1. The summed E-state index contributed by atoms with van der Waals surface area (Å²) in [5.41, 5.74) is 1.17. The van der Waals surface area contributed by atoms with Gasteiger partial charge >= 0.3 is 0 Å². The molecule has 0 heterocycles. The molecule has 0 saturated carbocycles. The molecule has 1 atom stereocenters. The lowest BCUT2D eigenvalue weighted by Crippen LogP contribution is -2.21. The molecule has 0 amide bonds. The molecule has 2 nitrogen and oxygen atoms in total. The van der Waals surface area contributed by atoms with Gasteiger partial charge < -0.3 is 9.47 Å². The predicted octanol–water partition coefficient (Wildman–Crippen LogP) is 2.66. The van der Waals surface area contributed by atoms with E-state index in [1.54, 1.807) is 0 Å². The van der Waals surface area contributed by atoms with E-state index < -0.39 is 0 Å². The molecule has 0 saturated heterocycles. The Hall–Kier alpha value is -0.570. The van der Waals surface area contributed by atoms with E-state index in [0.717, 1.165) is 4.43 Å². The van der Waals surface area contributed by atoms with E-state index in [1.807, 2.05) is 30.3 Å². The maximum absolute atomic E-state index is 5.57. The zero-order chi connectivity index (χ0) is 11.6. The average molecular weight is 330 g/mol. The van der Waals surface area contributed by atoms with Crippen molar-refractivity contribution < 1.29 is 9.47 Å². The lowest BCUT2D eigenvalue weighted by molar-refractivity contribution is 0.00412. The number of hydrogen-bond donors (Lipinski definition) is 0. The third-order valence-electron chi connectivity index (χ3n) is 1.99. The van der Waals surface area contributed by atoms with Gasteiger partial charge in [-0.25, -0.2) is 0 Å². The van der Waals surface area contributed by atoms with E-state index in [9.17, 15) is 0 Å². The van der Waals surface area contributed by atoms with Crippen LogP contribution in [0.3, 0.4) is 0 Å². The van der Waals surface area contributed by atoms with Gasteiger partial charge in [0.1, 0.15) is 6.61 Å². The number of benzene rings is 1. The number of alkyl halides is 1. The first-order chi connectivity index (χ1) is 7.86. The van der Waals surface area contributed by atoms with Crippen molar-refractivity contribution >= 4 is 22.6 Å². The van der Waals surface area contributed by atoms with E-state index in [2.05, 4.69) is 28.5 Å². The van der Waals surface area contributed by atoms with Crippen LogP contribution in [-0.4, -0.2) is 23.7 Å². The van der Waals surface area contributed by atoms with E-state index >= 15 is 0 Å². The molecule has 1 aromatic rings. The van der Waals surface area contributed by atoms with Gasteiger partial charge in [0.15, 0.2) is 0 Å². The van der Waals surface area contributed by atoms with Crippen LogP contribution in [0.4, 0.5) is 0 Å². The molecule has 0 N–H and O–H groups in total. The van der Waals surface area contributed by atoms with Crippen molar-refractivity contribution in [2.45, 2.75) is 12.7 Å². The second-order valence-electron chi connectivity index (χ2n) is 3.29. The number of halogens is 1. The van der Waals surface area contributed by atoms with Gasteiger partial charge in [-0.05, 0) is 5.56 Å². The molecule has 1 rings (SSSR count). The highest BCUT2D eigenvalue weighted by Gasteiger charge is 2.06. The van der Waals surface area contributed by atoms with E-state index in [1.165, 1.54) is 5.56 Å². The van der Waals surface area contributed by atoms with Crippen LogP contribution in [0.1, 0.15) is 5.56 Å². The smallest absolute Gasteiger partial charge is 0.107 e. The Labute approximate surface area is 110 Å². The maximum atomic E-state index is 5.57. The molecule has 0 aliphatic rings. The van der Waals surface area contributed by atoms with Gasteiger partial charge in [-0.15, -0.1) is 6.42 Å². The molecule has 0 bridgehead atoms. The molecule has 3 heteroatoms. The lowest BCUT2D eigenvalue weighted by Gasteiger charge is -2.13. The molecule has 0 aromatic heterocycles. The first-order valence-corrected chi connectivity index (χ1v) is 6.62. The number of terminal acetylenes is 1. The fourth-order valence-corrected chi connectivity index (χ4v) is 1.69. The van der Waals surface area contributed by atoms with Gasteiger partial charge in [0, 0.05) is 4.43 Å². The molecular formula is C13H15IO2. The zero-order valence-electron chi connectivity index (χ0n) is 9.06. The van der Waals surface area contributed by atoms with Crippen molar-refractivity contribution in [3.05, 3.63) is 35.9 Å². The molecule has 1 unspecified atom stereocenters. The second-order valence-corrected chi connectivity index (χ2v) is 4.17. The molecule has 0 aliphatic carbocycles. The van der Waals surface area contributed by atoms with Crippen LogP contribution < -0.4 is 0 Å². The van der Waals surface area contributed by atoms with Crippen LogP contribution >= 0.6 is 22.6 Å². The molecule has 86 valence electrons. The van der Waals surface area contributed by atoms with Crippen LogP contribution in [-0.2, 0) is 16.1 Å². The van der Waals surface area contributed by atoms with Gasteiger partial charge in [-0.2, -0.15) is 0 Å². The van der Waals surface area contributed by atoms with Crippen LogP contribution in [0, 0.1) is 12.3 Å². The fourth-order valence-electron chi connectivity index (χ4n) is 1.19. The minimum atomic E-state index is 0.0837. The summed E-state index contributed by atoms with van der Waals surface area (Å²) in [6.07, 6.45) is 5.22. The average Bonchev–Trinajstić information content (AvgIpc) is 2.35. The predicted molar refractivity (Wildman–Crippen MR) is 73.6 cm³/mol. The van der Waals surface area contributed by atoms with Gasteiger partial charge in [-0.1, -0.05) is 58.8 Å². The topological polar surface area (TPSA) is 18.5 Å². The number of hydrogen-bond acceptors (Lipinski definition) is 2. The number of rotatable bonds is 7. The lowest BCUT2D eigenvalue weighted by atomic mass is 10.2. The van der Waals surface area contributed by atoms with Crippen molar-refractivity contribution in [3.63, 3.8) is 0 Å². The highest BCUT2D eigenvalue weighted by molar-refractivity contribution is 14.1. The van der Waals surface area contributed by atoms with E-state index in [0.29, 0.717) is 19.8 Å². The summed E-state index contributed by atoms with van der Waals surface area (Å²) in [4.78, 5) is 0. The van der Waals surface area contributed by atoms with Gasteiger partial charge in [0.2, 0.25) is 0 Å². The summed E-state index contributed by atoms with van der Waals surface area (Å²) in [7, 11) is 0. The number of ether oxygens (including phenoxy) is 2. The highest BCUT2D eigenvalue weighted by atomic mass is 127. The van der Waals surface area contributed by atoms with Gasteiger partial charge in [-0.3, -0.25) is 0 Å². The van der Waals surface area contributed by atoms with Crippen molar-refractivity contribution in [2.75, 3.05) is 17.6 Å². The van der Waals surface area contributed by atoms with Crippen molar-refractivity contribution in [1.29, 1.82) is 0 Å². The van der Waals surface area contributed by atoms with Gasteiger partial charge in [0.05, 0.1) is 19.3 Å². The molecule has 0 aliphatic heterocycles. The molecule has 0 fully saturated rings. The van der Waals surface area contributed by atoms with E-state index in [4.69, 9.17) is 15.9 Å². The largest absolute Gasteiger partial charge is 0.374 e. The van der Waals surface area contributed by atoms with Gasteiger partial charge in [0.25, 0.3) is 0 Å². The Morgan fingerprint density at radius 2 is 2.06 bits per heavy atom. The standard InChI is InChI=1S/C13H15IO2/c1-2-8-16-13(9-14)11-15-10-12-6-4-3-5-7-12/h1,3-7,13H,8-11H2. The van der Waals surface area contributed by atoms with Crippen molar-refractivity contribution in [3.8, 4) is 12.3 Å². The Balaban J connectivity index is 2.21. The van der Waals surface area contributed by atoms with Crippen molar-refractivity contribution in [1.82, 2.24) is 0 Å². The molecule has 16 heavy (non-hydrogen) atoms. The minimum Gasteiger partial charge on any atom is -0.374 e. The van der Waals surface area contributed by atoms with Crippen LogP contribution in [0.5, 0.6) is 0 Å². The summed E-state index contributed by atoms with van der Waals surface area (Å²) in [6.45, 7) is 1.55. The summed E-state index contributed by atoms with van der Waals surface area (Å²) >= 11 is 2.27. The Kier molecular flexibility index (Phi) is 7.23. The minimum absolute atomic E-state index is 0.0837. The normalized spacial score (nSPS) is 12.0. The summed E-state index contributed by atoms with van der Waals surface area (Å²) in [5, 5.41) is 0. The maximum Gasteiger partial charge on any atom is 0.107 e. The zero-order valence-corrected chi connectivity index (χ0v) is 11.2. The summed E-state index contributed by atoms with van der Waals surface area (Å²) in [5.74, 6) is 2.46. The van der Waals surface area contributed by atoms with Crippen LogP contribution in [0.25, 0.3) is 0 Å². The van der Waals surface area contributed by atoms with Crippen molar-refractivity contribution in [2.24, 2.45) is 0 Å². The third-order valence-corrected chi connectivity index (χ3v) is 2.97. The molecular weight excluding hydrogens is 315 g/mol. The highest BCUT2D eigenvalue weighted by Crippen LogP contribution is 2.04. The Morgan fingerprint density at radius 3 is 2.69 bits per heavy atom. The SMILES string of the molecule is C#CCOC(CI)COCc1ccccc1. The Bertz CT molecular complexity index is 318. The molecule has 1 aromatic carbocycles. The fraction of sp³-hybridized carbons (Fsp3) is 0.385. The third kappa shape index (κ3) is 5.50. The first kappa shape index (κ1) is 13.5. The monoisotopic (exact) mass is 330 g/mol. The first-order valence-electron chi connectivity index (χ1n) is 5.09. The van der Waals surface area contributed by atoms with E-state index in [-0.39, 0.29) is 6.10 Å². The van der Waals surface area contributed by atoms with Crippen LogP contribution in [0.2, 0.25) is 0 Å². The quantitative estimate of drug-likeness (QED) is 0.435. The second kappa shape index (κ2) is 8.57. The van der Waals surface area contributed by atoms with Crippen LogP contribution in [0.15, 0.2) is 30.3 Å². The molecule has 0 radical (unpaired) electrons. The summed E-state index contributed by atoms with van der Waals surface area (Å²) < 4.78 is 11.9. The molecule has 0 spiro atoms. The Morgan fingerprint density at radius 1 is 1.31 bits per heavy atom.